The maximum atomic E-state index is 13.8. The number of rotatable bonds is 14. The van der Waals surface area contributed by atoms with Gasteiger partial charge in [0.05, 0.1) is 65.5 Å². The van der Waals surface area contributed by atoms with Gasteiger partial charge < -0.3 is 0 Å². The maximum Gasteiger partial charge on any atom is 0.416 e. The molecular formula is C66H32F10N6O24S4. The number of benzene rings is 10. The van der Waals surface area contributed by atoms with Crippen LogP contribution in [0, 0.1) is 43.5 Å². The van der Waals surface area contributed by atoms with Crippen LogP contribution >= 0.6 is 0 Å². The van der Waals surface area contributed by atoms with Gasteiger partial charge in [-0.3, -0.25) is 58.6 Å². The zero-order valence-corrected chi connectivity index (χ0v) is 56.6. The van der Waals surface area contributed by atoms with Gasteiger partial charge in [-0.15, -0.1) is 37.4 Å². The lowest BCUT2D eigenvalue weighted by atomic mass is 9.95. The topological polar surface area (TPSA) is 409 Å². The Morgan fingerprint density at radius 3 is 0.755 bits per heavy atom. The number of hydroxylamine groups is 8. The van der Waals surface area contributed by atoms with Crippen molar-refractivity contribution in [2.24, 2.45) is 0 Å². The molecular weight excluding hydrogens is 1580 g/mol. The number of fused-ring (bicyclic) bond motifs is 2. The second-order valence-corrected chi connectivity index (χ2v) is 28.1. The van der Waals surface area contributed by atoms with Crippen LogP contribution in [0.4, 0.5) is 55.3 Å². The molecule has 14 rings (SSSR count). The fourth-order valence-corrected chi connectivity index (χ4v) is 14.8. The van der Waals surface area contributed by atoms with Gasteiger partial charge >= 0.3 is 52.8 Å². The third-order valence-electron chi connectivity index (χ3n) is 15.5. The summed E-state index contributed by atoms with van der Waals surface area (Å²) in [5.74, 6) is -14.4. The number of hydrogen-bond donors (Lipinski definition) is 0. The average Bonchev–Trinajstić information content (AvgIpc) is 1.06. The zero-order chi connectivity index (χ0) is 80.4. The summed E-state index contributed by atoms with van der Waals surface area (Å²) in [6, 6.07) is 35.0. The monoisotopic (exact) mass is 1610 g/mol. The van der Waals surface area contributed by atoms with E-state index in [4.69, 9.17) is 0 Å². The minimum absolute atomic E-state index is 0.00167. The van der Waals surface area contributed by atoms with Gasteiger partial charge in [0.1, 0.15) is 23.3 Å². The van der Waals surface area contributed by atoms with E-state index in [0.717, 1.165) is 24.3 Å². The molecule has 0 radical (unpaired) electrons. The minimum Gasteiger partial charge on any atom is -0.266 e. The van der Waals surface area contributed by atoms with Gasteiger partial charge in [0.2, 0.25) is 0 Å². The van der Waals surface area contributed by atoms with Crippen molar-refractivity contribution in [3.8, 4) is 0 Å². The molecule has 4 aliphatic heterocycles. The van der Waals surface area contributed by atoms with E-state index in [0.29, 0.717) is 52.6 Å². The van der Waals surface area contributed by atoms with Crippen LogP contribution in [0.15, 0.2) is 214 Å². The molecule has 0 saturated carbocycles. The zero-order valence-electron chi connectivity index (χ0n) is 53.4. The molecule has 4 heterocycles. The van der Waals surface area contributed by atoms with Crippen molar-refractivity contribution >= 4 is 121 Å². The van der Waals surface area contributed by atoms with Crippen LogP contribution in [-0.4, -0.2) is 111 Å². The maximum absolute atomic E-state index is 13.8. The van der Waals surface area contributed by atoms with E-state index in [1.807, 2.05) is 0 Å². The standard InChI is InChI=1S/C19H9F3N2O7S.C18H9F2NO5S.C15H7F3N2O7S.C14H7F2NO5S/c20-19(21,22)11-7-8-15(14(9-11)24(27)28)32(29,30)31-23-17(25)12-5-1-3-10-4-2-6-13(16(10)12)18(23)26;19-13-8-3-9-14(20)16(13)27(24,25)26-21-17(22)11-6-1-4-10-5-2-7-12(15(10)11)18(21)23;16-15(17,18)8-5-6-12(11(7-8)20(23)24)28(25,26)27-19-13(21)9-3-1-2-4-10(9)14(19)22;15-10-6-3-7-11(16)12(10)23(20,21)22-17-13(18)8-4-1-2-5-9(8)14(17)19/h1-9H;1-9H;1-7H;1-7H. The van der Waals surface area contributed by atoms with Crippen molar-refractivity contribution < 1.29 is 143 Å². The lowest BCUT2D eigenvalue weighted by molar-refractivity contribution is -0.388. The third-order valence-corrected chi connectivity index (χ3v) is 20.4. The number of alkyl halides is 6. The molecule has 0 unspecified atom stereocenters. The lowest BCUT2D eigenvalue weighted by Gasteiger charge is -2.25. The number of carbonyl (C=O) groups excluding carboxylic acids is 8. The summed E-state index contributed by atoms with van der Waals surface area (Å²) in [5.41, 5.74) is -6.29. The Balaban J connectivity index is 0.000000146. The van der Waals surface area contributed by atoms with E-state index >= 15 is 0 Å². The number of amides is 8. The van der Waals surface area contributed by atoms with E-state index in [1.54, 1.807) is 36.4 Å². The smallest absolute Gasteiger partial charge is 0.266 e. The highest BCUT2D eigenvalue weighted by Crippen LogP contribution is 2.40. The third kappa shape index (κ3) is 14.7. The van der Waals surface area contributed by atoms with Crippen molar-refractivity contribution in [1.82, 2.24) is 20.3 Å². The molecule has 0 atom stereocenters. The van der Waals surface area contributed by atoms with E-state index in [9.17, 15) is 136 Å². The first-order valence-corrected chi connectivity index (χ1v) is 35.3. The number of imide groups is 4. The predicted octanol–water partition coefficient (Wildman–Crippen LogP) is 11.1. The van der Waals surface area contributed by atoms with Gasteiger partial charge in [0.15, 0.2) is 19.6 Å². The molecule has 564 valence electrons. The Morgan fingerprint density at radius 2 is 0.518 bits per heavy atom. The first-order chi connectivity index (χ1) is 51.5. The van der Waals surface area contributed by atoms with Crippen molar-refractivity contribution in [2.75, 3.05) is 0 Å². The van der Waals surface area contributed by atoms with Gasteiger partial charge in [-0.05, 0) is 108 Å². The number of nitro benzene ring substituents is 2. The van der Waals surface area contributed by atoms with Gasteiger partial charge in [-0.2, -0.15) is 60.0 Å². The van der Waals surface area contributed by atoms with Crippen molar-refractivity contribution in [3.63, 3.8) is 0 Å². The molecule has 0 fully saturated rings. The van der Waals surface area contributed by atoms with Gasteiger partial charge in [0.25, 0.3) is 58.6 Å². The number of nitro groups is 2. The number of nitrogens with zero attached hydrogens (tertiary/aromatic N) is 6. The highest BCUT2D eigenvalue weighted by Gasteiger charge is 2.47. The summed E-state index contributed by atoms with van der Waals surface area (Å²) < 4.78 is 249. The van der Waals surface area contributed by atoms with Crippen LogP contribution in [0.1, 0.15) is 94.0 Å². The highest BCUT2D eigenvalue weighted by molar-refractivity contribution is 7.87. The molecule has 10 aromatic carbocycles. The lowest BCUT2D eigenvalue weighted by Crippen LogP contribution is -2.42. The first-order valence-electron chi connectivity index (χ1n) is 29.6. The van der Waals surface area contributed by atoms with Crippen LogP contribution in [0.2, 0.25) is 0 Å². The highest BCUT2D eigenvalue weighted by atomic mass is 32.2. The molecule has 44 heteroatoms. The quantitative estimate of drug-likeness (QED) is 0.0422. The van der Waals surface area contributed by atoms with E-state index < -0.39 is 175 Å². The van der Waals surface area contributed by atoms with E-state index in [1.165, 1.54) is 84.9 Å². The molecule has 8 amide bonds. The van der Waals surface area contributed by atoms with Crippen LogP contribution in [0.3, 0.4) is 0 Å². The first kappa shape index (κ1) is 78.1. The Morgan fingerprint density at radius 1 is 0.300 bits per heavy atom. The van der Waals surface area contributed by atoms with Crippen molar-refractivity contribution in [2.45, 2.75) is 31.9 Å². The number of carbonyl (C=O) groups is 8. The van der Waals surface area contributed by atoms with Crippen molar-refractivity contribution in [1.29, 1.82) is 0 Å². The molecule has 30 nitrogen and oxygen atoms in total. The van der Waals surface area contributed by atoms with Crippen molar-refractivity contribution in [3.05, 3.63) is 293 Å². The summed E-state index contributed by atoms with van der Waals surface area (Å²) >= 11 is 0. The Hall–Kier alpha value is -13.0. The molecule has 0 saturated heterocycles. The normalized spacial score (nSPS) is 14.2. The fraction of sp³-hybridized carbons (Fsp3) is 0.0303. The molecule has 0 aliphatic carbocycles. The predicted molar refractivity (Wildman–Crippen MR) is 345 cm³/mol. The van der Waals surface area contributed by atoms with Crippen LogP contribution in [0.25, 0.3) is 21.5 Å². The fourth-order valence-electron chi connectivity index (χ4n) is 10.7. The Bertz CT molecular complexity index is 6020. The molecule has 10 aromatic rings. The second-order valence-electron chi connectivity index (χ2n) is 22.2. The SMILES string of the molecule is O=C1c2cccc3cccc(c23)C(=O)N1OS(=O)(=O)c1c(F)cccc1F.O=C1c2cccc3cccc(c23)C(=O)N1OS(=O)(=O)c1ccc(C(F)(F)F)cc1[N+](=O)[O-].O=C1c2ccccc2C(=O)N1OS(=O)(=O)c1c(F)cccc1F.O=C1c2ccccc2C(=O)N1OS(=O)(=O)c1ccc(C(F)(F)F)cc1[N+](=O)[O-]. The van der Waals surface area contributed by atoms with Gasteiger partial charge in [-0.1, -0.05) is 84.9 Å². The van der Waals surface area contributed by atoms with E-state index in [-0.39, 0.29) is 82.3 Å². The summed E-state index contributed by atoms with van der Waals surface area (Å²) in [7, 11) is -20.6. The molecule has 110 heavy (non-hydrogen) atoms. The second kappa shape index (κ2) is 29.0. The van der Waals surface area contributed by atoms with Crippen LogP contribution < -0.4 is 0 Å². The van der Waals surface area contributed by atoms with E-state index in [2.05, 4.69) is 17.1 Å². The minimum atomic E-state index is -5.26. The summed E-state index contributed by atoms with van der Waals surface area (Å²) in [6.45, 7) is 0. The summed E-state index contributed by atoms with van der Waals surface area (Å²) in [5, 5.41) is 23.8. The summed E-state index contributed by atoms with van der Waals surface area (Å²) in [6.07, 6.45) is -9.94. The average molecular weight is 1610 g/mol. The van der Waals surface area contributed by atoms with Gasteiger partial charge in [0, 0.05) is 22.9 Å². The number of hydrogen-bond acceptors (Lipinski definition) is 24. The van der Waals surface area contributed by atoms with Crippen LogP contribution in [0.5, 0.6) is 0 Å². The molecule has 0 aromatic heterocycles. The summed E-state index contributed by atoms with van der Waals surface area (Å²) in [4.78, 5) is 113. The Kier molecular flexibility index (Phi) is 20.6. The molecule has 0 N–H and O–H groups in total. The largest absolute Gasteiger partial charge is 0.416 e. The molecule has 4 aliphatic rings. The molecule has 0 spiro atoms. The molecule has 0 bridgehead atoms. The number of halogens is 10. The van der Waals surface area contributed by atoms with Gasteiger partial charge in [-0.25, -0.2) is 17.6 Å². The van der Waals surface area contributed by atoms with Crippen LogP contribution in [-0.2, 0) is 70.0 Å². The Labute approximate surface area is 606 Å².